The van der Waals surface area contributed by atoms with E-state index >= 15 is 0 Å². The fourth-order valence-corrected chi connectivity index (χ4v) is 3.47. The normalized spacial score (nSPS) is 10.6. The number of anilines is 1. The molecule has 1 aromatic carbocycles. The third kappa shape index (κ3) is 2.78. The van der Waals surface area contributed by atoms with Crippen LogP contribution >= 0.6 is 27.3 Å². The van der Waals surface area contributed by atoms with E-state index in [-0.39, 0.29) is 18.4 Å². The lowest BCUT2D eigenvalue weighted by Crippen LogP contribution is -2.36. The first-order chi connectivity index (χ1) is 9.41. The van der Waals surface area contributed by atoms with Gasteiger partial charge in [-0.25, -0.2) is 0 Å². The van der Waals surface area contributed by atoms with Crippen molar-refractivity contribution in [2.75, 3.05) is 26.4 Å². The lowest BCUT2D eigenvalue weighted by Gasteiger charge is -2.10. The molecule has 20 heavy (non-hydrogen) atoms. The molecule has 106 valence electrons. The van der Waals surface area contributed by atoms with E-state index in [0.717, 1.165) is 14.6 Å². The Kier molecular flexibility index (Phi) is 4.29. The minimum atomic E-state index is -0.328. The Balaban J connectivity index is 2.25. The van der Waals surface area contributed by atoms with E-state index in [9.17, 15) is 9.59 Å². The van der Waals surface area contributed by atoms with E-state index in [1.54, 1.807) is 14.1 Å². The van der Waals surface area contributed by atoms with Crippen LogP contribution in [0.2, 0.25) is 0 Å². The highest BCUT2D eigenvalue weighted by Gasteiger charge is 2.18. The van der Waals surface area contributed by atoms with Crippen LogP contribution in [0.15, 0.2) is 22.7 Å². The second-order valence-corrected chi connectivity index (χ2v) is 6.34. The van der Waals surface area contributed by atoms with Gasteiger partial charge in [0.05, 0.1) is 12.2 Å². The molecular weight excluding hydrogens is 342 g/mol. The summed E-state index contributed by atoms with van der Waals surface area (Å²) in [5.74, 6) is -0.495. The van der Waals surface area contributed by atoms with Crippen molar-refractivity contribution in [2.24, 2.45) is 0 Å². The van der Waals surface area contributed by atoms with Crippen LogP contribution in [0.4, 0.5) is 5.69 Å². The summed E-state index contributed by atoms with van der Waals surface area (Å²) in [6.07, 6.45) is 0. The maximum Gasteiger partial charge on any atom is 0.263 e. The molecule has 2 amide bonds. The molecule has 1 aromatic heterocycles. The van der Waals surface area contributed by atoms with Crippen LogP contribution in [-0.2, 0) is 4.79 Å². The summed E-state index contributed by atoms with van der Waals surface area (Å²) in [7, 11) is 3.28. The molecule has 7 heteroatoms. The fraction of sp³-hybridized carbons (Fsp3) is 0.231. The molecule has 0 spiro atoms. The van der Waals surface area contributed by atoms with Gasteiger partial charge in [0.1, 0.15) is 4.88 Å². The molecule has 0 unspecified atom stereocenters. The number of fused-ring (bicyclic) bond motifs is 1. The third-order valence-electron chi connectivity index (χ3n) is 2.81. The number of rotatable bonds is 3. The molecule has 0 saturated carbocycles. The minimum Gasteiger partial charge on any atom is -0.397 e. The molecule has 2 rings (SSSR count). The highest BCUT2D eigenvalue weighted by atomic mass is 79.9. The number of carbonyl (C=O) groups excluding carboxylic acids is 2. The van der Waals surface area contributed by atoms with Crippen molar-refractivity contribution < 1.29 is 9.59 Å². The van der Waals surface area contributed by atoms with Crippen molar-refractivity contribution in [3.8, 4) is 0 Å². The van der Waals surface area contributed by atoms with Crippen LogP contribution in [0.25, 0.3) is 10.1 Å². The highest BCUT2D eigenvalue weighted by molar-refractivity contribution is 9.10. The first kappa shape index (κ1) is 14.8. The molecule has 2 aromatic rings. The maximum atomic E-state index is 12.1. The summed E-state index contributed by atoms with van der Waals surface area (Å²) in [4.78, 5) is 25.4. The number of likely N-dealkylation sites (N-methyl/N-ethyl adjacent to an activating group) is 1. The molecule has 5 nitrogen and oxygen atoms in total. The fourth-order valence-electron chi connectivity index (χ4n) is 1.69. The average molecular weight is 356 g/mol. The number of amides is 2. The molecule has 3 N–H and O–H groups in total. The van der Waals surface area contributed by atoms with E-state index in [2.05, 4.69) is 21.2 Å². The van der Waals surface area contributed by atoms with E-state index in [1.165, 1.54) is 16.2 Å². The molecule has 0 saturated heterocycles. The molecule has 0 atom stereocenters. The predicted molar refractivity (Wildman–Crippen MR) is 85.0 cm³/mol. The van der Waals surface area contributed by atoms with Crippen LogP contribution in [0, 0.1) is 0 Å². The predicted octanol–water partition coefficient (Wildman–Crippen LogP) is 2.06. The number of benzene rings is 1. The summed E-state index contributed by atoms with van der Waals surface area (Å²) < 4.78 is 1.79. The van der Waals surface area contributed by atoms with Gasteiger partial charge in [0.25, 0.3) is 5.91 Å². The van der Waals surface area contributed by atoms with Crippen molar-refractivity contribution in [1.29, 1.82) is 0 Å². The van der Waals surface area contributed by atoms with Crippen LogP contribution in [0.3, 0.4) is 0 Å². The van der Waals surface area contributed by atoms with Gasteiger partial charge in [0, 0.05) is 28.7 Å². The Morgan fingerprint density at radius 1 is 1.40 bits per heavy atom. The number of nitrogens with one attached hydrogen (secondary N) is 1. The summed E-state index contributed by atoms with van der Waals surface area (Å²) in [5, 5.41) is 3.42. The van der Waals surface area contributed by atoms with Gasteiger partial charge in [-0.2, -0.15) is 0 Å². The zero-order valence-corrected chi connectivity index (χ0v) is 13.5. The van der Waals surface area contributed by atoms with Crippen LogP contribution in [-0.4, -0.2) is 37.4 Å². The van der Waals surface area contributed by atoms with Gasteiger partial charge in [-0.05, 0) is 12.1 Å². The Labute approximate surface area is 128 Å². The van der Waals surface area contributed by atoms with Crippen molar-refractivity contribution in [2.45, 2.75) is 0 Å². The number of carbonyl (C=O) groups is 2. The average Bonchev–Trinajstić information content (AvgIpc) is 2.74. The lowest BCUT2D eigenvalue weighted by molar-refractivity contribution is -0.127. The standard InChI is InChI=1S/C13H14BrN3O2S/c1-17(2)9(18)6-16-13(19)12-11(15)10-7(14)4-3-5-8(10)20-12/h3-5H,6,15H2,1-2H3,(H,16,19). The van der Waals surface area contributed by atoms with Crippen molar-refractivity contribution in [1.82, 2.24) is 10.2 Å². The van der Waals surface area contributed by atoms with Gasteiger partial charge >= 0.3 is 0 Å². The van der Waals surface area contributed by atoms with E-state index in [0.29, 0.717) is 10.6 Å². The second kappa shape index (κ2) is 5.80. The number of thiophene rings is 1. The van der Waals surface area contributed by atoms with Gasteiger partial charge < -0.3 is 16.0 Å². The lowest BCUT2D eigenvalue weighted by atomic mass is 10.2. The number of hydrogen-bond acceptors (Lipinski definition) is 4. The number of nitrogens with zero attached hydrogens (tertiary/aromatic N) is 1. The molecule has 0 fully saturated rings. The smallest absolute Gasteiger partial charge is 0.263 e. The molecular formula is C13H14BrN3O2S. The summed E-state index contributed by atoms with van der Waals surface area (Å²) in [6.45, 7) is -0.0410. The van der Waals surface area contributed by atoms with E-state index < -0.39 is 0 Å². The third-order valence-corrected chi connectivity index (χ3v) is 4.64. The number of halogens is 1. The number of hydrogen-bond donors (Lipinski definition) is 2. The van der Waals surface area contributed by atoms with Crippen LogP contribution < -0.4 is 11.1 Å². The molecule has 0 aliphatic heterocycles. The first-order valence-corrected chi connectivity index (χ1v) is 7.47. The summed E-state index contributed by atoms with van der Waals surface area (Å²) >= 11 is 4.74. The van der Waals surface area contributed by atoms with Gasteiger partial charge in [-0.15, -0.1) is 11.3 Å². The molecule has 0 bridgehead atoms. The van der Waals surface area contributed by atoms with Gasteiger partial charge in [-0.3, -0.25) is 9.59 Å². The molecule has 0 aliphatic rings. The van der Waals surface area contributed by atoms with Gasteiger partial charge in [0.15, 0.2) is 0 Å². The van der Waals surface area contributed by atoms with E-state index in [4.69, 9.17) is 5.73 Å². The van der Waals surface area contributed by atoms with Gasteiger partial charge in [0.2, 0.25) is 5.91 Å². The van der Waals surface area contributed by atoms with Crippen LogP contribution in [0.5, 0.6) is 0 Å². The minimum absolute atomic E-state index is 0.0410. The summed E-state index contributed by atoms with van der Waals surface area (Å²) in [5.41, 5.74) is 6.47. The maximum absolute atomic E-state index is 12.1. The highest BCUT2D eigenvalue weighted by Crippen LogP contribution is 2.37. The largest absolute Gasteiger partial charge is 0.397 e. The second-order valence-electron chi connectivity index (χ2n) is 4.43. The molecule has 1 heterocycles. The quantitative estimate of drug-likeness (QED) is 0.884. The number of nitrogen functional groups attached to an aromatic ring is 1. The van der Waals surface area contributed by atoms with Gasteiger partial charge in [-0.1, -0.05) is 22.0 Å². The van der Waals surface area contributed by atoms with Crippen molar-refractivity contribution >= 4 is 54.9 Å². The van der Waals surface area contributed by atoms with Crippen LogP contribution in [0.1, 0.15) is 9.67 Å². The molecule has 0 radical (unpaired) electrons. The SMILES string of the molecule is CN(C)C(=O)CNC(=O)c1sc2cccc(Br)c2c1N. The Hall–Kier alpha value is -1.60. The Morgan fingerprint density at radius 2 is 2.10 bits per heavy atom. The molecule has 0 aliphatic carbocycles. The van der Waals surface area contributed by atoms with E-state index in [1.807, 2.05) is 18.2 Å². The monoisotopic (exact) mass is 355 g/mol. The Morgan fingerprint density at radius 3 is 2.70 bits per heavy atom. The first-order valence-electron chi connectivity index (χ1n) is 5.86. The topological polar surface area (TPSA) is 75.4 Å². The zero-order valence-electron chi connectivity index (χ0n) is 11.1. The Bertz CT molecular complexity index is 682. The van der Waals surface area contributed by atoms with Crippen molar-refractivity contribution in [3.05, 3.63) is 27.5 Å². The number of nitrogens with two attached hydrogens (primary N) is 1. The summed E-state index contributed by atoms with van der Waals surface area (Å²) in [6, 6.07) is 5.67. The van der Waals surface area contributed by atoms with Crippen molar-refractivity contribution in [3.63, 3.8) is 0 Å². The zero-order chi connectivity index (χ0) is 14.9.